The molecule has 2 aliphatic heterocycles. The standard InChI is InChI=1S/C17H21N5O/c23-17(20-14-4-6-15-18-7-10-22(15)12-14)13-3-5-16(19-11-13)21-8-1-2-9-21/h3,5,7,10-11,14H,1-2,4,6,8-9,12H2,(H,20,23). The molecule has 0 radical (unpaired) electrons. The molecule has 6 nitrogen and oxygen atoms in total. The third kappa shape index (κ3) is 2.93. The molecule has 120 valence electrons. The number of carbonyl (C=O) groups is 1. The van der Waals surface area contributed by atoms with E-state index in [9.17, 15) is 4.79 Å². The van der Waals surface area contributed by atoms with E-state index in [4.69, 9.17) is 0 Å². The Bertz CT molecular complexity index is 687. The van der Waals surface area contributed by atoms with Crippen LogP contribution in [0.1, 0.15) is 35.4 Å². The first kappa shape index (κ1) is 14.2. The summed E-state index contributed by atoms with van der Waals surface area (Å²) in [4.78, 5) is 23.4. The van der Waals surface area contributed by atoms with Gasteiger partial charge in [0, 0.05) is 50.7 Å². The lowest BCUT2D eigenvalue weighted by Gasteiger charge is -2.24. The molecule has 1 unspecified atom stereocenters. The molecule has 1 amide bonds. The summed E-state index contributed by atoms with van der Waals surface area (Å²) in [6.07, 6.45) is 9.77. The Morgan fingerprint density at radius 1 is 1.22 bits per heavy atom. The highest BCUT2D eigenvalue weighted by Crippen LogP contribution is 2.18. The average Bonchev–Trinajstić information content (AvgIpc) is 3.26. The third-order valence-electron chi connectivity index (χ3n) is 4.71. The fourth-order valence-electron chi connectivity index (χ4n) is 3.41. The van der Waals surface area contributed by atoms with E-state index in [1.807, 2.05) is 24.5 Å². The van der Waals surface area contributed by atoms with Crippen LogP contribution in [0.3, 0.4) is 0 Å². The maximum Gasteiger partial charge on any atom is 0.253 e. The van der Waals surface area contributed by atoms with Crippen LogP contribution in [0.25, 0.3) is 0 Å². The van der Waals surface area contributed by atoms with Gasteiger partial charge in [-0.05, 0) is 31.4 Å². The van der Waals surface area contributed by atoms with Crippen LogP contribution in [-0.2, 0) is 13.0 Å². The minimum absolute atomic E-state index is 0.0426. The first-order valence-corrected chi connectivity index (χ1v) is 8.31. The first-order valence-electron chi connectivity index (χ1n) is 8.31. The number of carbonyl (C=O) groups excluding carboxylic acids is 1. The maximum absolute atomic E-state index is 12.4. The topological polar surface area (TPSA) is 63.1 Å². The zero-order chi connectivity index (χ0) is 15.6. The largest absolute Gasteiger partial charge is 0.357 e. The van der Waals surface area contributed by atoms with E-state index in [0.717, 1.165) is 44.1 Å². The van der Waals surface area contributed by atoms with Gasteiger partial charge in [0.2, 0.25) is 0 Å². The summed E-state index contributed by atoms with van der Waals surface area (Å²) in [5.74, 6) is 2.03. The van der Waals surface area contributed by atoms with Crippen molar-refractivity contribution in [3.8, 4) is 0 Å². The number of aromatic nitrogens is 3. The van der Waals surface area contributed by atoms with Crippen molar-refractivity contribution in [2.75, 3.05) is 18.0 Å². The van der Waals surface area contributed by atoms with Crippen molar-refractivity contribution in [1.29, 1.82) is 0 Å². The number of nitrogens with zero attached hydrogens (tertiary/aromatic N) is 4. The lowest BCUT2D eigenvalue weighted by molar-refractivity contribution is 0.0927. The van der Waals surface area contributed by atoms with E-state index in [0.29, 0.717) is 5.56 Å². The van der Waals surface area contributed by atoms with E-state index in [2.05, 4.69) is 24.8 Å². The minimum Gasteiger partial charge on any atom is -0.357 e. The van der Waals surface area contributed by atoms with Crippen molar-refractivity contribution in [3.05, 3.63) is 42.1 Å². The lowest BCUT2D eigenvalue weighted by Crippen LogP contribution is -2.40. The monoisotopic (exact) mass is 311 g/mol. The second kappa shape index (κ2) is 6.02. The summed E-state index contributed by atoms with van der Waals surface area (Å²) in [6.45, 7) is 2.92. The maximum atomic E-state index is 12.4. The number of rotatable bonds is 3. The summed E-state index contributed by atoms with van der Waals surface area (Å²) in [5, 5.41) is 3.11. The van der Waals surface area contributed by atoms with E-state index < -0.39 is 0 Å². The minimum atomic E-state index is -0.0426. The molecule has 1 N–H and O–H groups in total. The molecule has 23 heavy (non-hydrogen) atoms. The van der Waals surface area contributed by atoms with Gasteiger partial charge in [-0.15, -0.1) is 0 Å². The number of fused-ring (bicyclic) bond motifs is 1. The summed E-state index contributed by atoms with van der Waals surface area (Å²) in [6, 6.07) is 3.98. The highest BCUT2D eigenvalue weighted by molar-refractivity contribution is 5.94. The van der Waals surface area contributed by atoms with Crippen molar-refractivity contribution < 1.29 is 4.79 Å². The molecule has 1 atom stereocenters. The van der Waals surface area contributed by atoms with E-state index in [1.165, 1.54) is 12.8 Å². The first-order chi connectivity index (χ1) is 11.3. The van der Waals surface area contributed by atoms with E-state index in [-0.39, 0.29) is 11.9 Å². The molecule has 6 heteroatoms. The number of hydrogen-bond acceptors (Lipinski definition) is 4. The van der Waals surface area contributed by atoms with Crippen LogP contribution in [0.4, 0.5) is 5.82 Å². The SMILES string of the molecule is O=C(NC1CCc2nccn2C1)c1ccc(N2CCCC2)nc1. The molecule has 2 aromatic heterocycles. The number of aryl methyl sites for hydroxylation is 1. The van der Waals surface area contributed by atoms with Crippen LogP contribution in [0.15, 0.2) is 30.7 Å². The van der Waals surface area contributed by atoms with Gasteiger partial charge in [0.1, 0.15) is 11.6 Å². The van der Waals surface area contributed by atoms with Crippen molar-refractivity contribution in [2.24, 2.45) is 0 Å². The second-order valence-electron chi connectivity index (χ2n) is 6.30. The Labute approximate surface area is 135 Å². The molecular weight excluding hydrogens is 290 g/mol. The number of amides is 1. The molecule has 0 aromatic carbocycles. The average molecular weight is 311 g/mol. The van der Waals surface area contributed by atoms with Gasteiger partial charge in [0.25, 0.3) is 5.91 Å². The number of anilines is 1. The zero-order valence-electron chi connectivity index (χ0n) is 13.1. The molecule has 2 aromatic rings. The van der Waals surface area contributed by atoms with E-state index >= 15 is 0 Å². The highest BCUT2D eigenvalue weighted by Gasteiger charge is 2.21. The number of nitrogens with one attached hydrogen (secondary N) is 1. The molecule has 4 rings (SSSR count). The van der Waals surface area contributed by atoms with Gasteiger partial charge in [0.05, 0.1) is 5.56 Å². The smallest absolute Gasteiger partial charge is 0.253 e. The predicted molar refractivity (Wildman–Crippen MR) is 87.5 cm³/mol. The van der Waals surface area contributed by atoms with Gasteiger partial charge in [0.15, 0.2) is 0 Å². The molecule has 0 aliphatic carbocycles. The van der Waals surface area contributed by atoms with Crippen LogP contribution >= 0.6 is 0 Å². The fourth-order valence-corrected chi connectivity index (χ4v) is 3.41. The van der Waals surface area contributed by atoms with Gasteiger partial charge < -0.3 is 14.8 Å². The van der Waals surface area contributed by atoms with Crippen LogP contribution in [0.2, 0.25) is 0 Å². The summed E-state index contributed by atoms with van der Waals surface area (Å²) < 4.78 is 2.11. The summed E-state index contributed by atoms with van der Waals surface area (Å²) >= 11 is 0. The summed E-state index contributed by atoms with van der Waals surface area (Å²) in [7, 11) is 0. The Hall–Kier alpha value is -2.37. The second-order valence-corrected chi connectivity index (χ2v) is 6.30. The third-order valence-corrected chi connectivity index (χ3v) is 4.71. The summed E-state index contributed by atoms with van der Waals surface area (Å²) in [5.41, 5.74) is 0.629. The van der Waals surface area contributed by atoms with Gasteiger partial charge in [-0.25, -0.2) is 9.97 Å². The van der Waals surface area contributed by atoms with Crippen LogP contribution in [-0.4, -0.2) is 39.6 Å². The van der Waals surface area contributed by atoms with Gasteiger partial charge in [-0.3, -0.25) is 4.79 Å². The molecular formula is C17H21N5O. The number of hydrogen-bond donors (Lipinski definition) is 1. The van der Waals surface area contributed by atoms with Crippen molar-refractivity contribution in [1.82, 2.24) is 19.9 Å². The molecule has 4 heterocycles. The van der Waals surface area contributed by atoms with Crippen LogP contribution in [0.5, 0.6) is 0 Å². The van der Waals surface area contributed by atoms with Gasteiger partial charge in [-0.1, -0.05) is 0 Å². The predicted octanol–water partition coefficient (Wildman–Crippen LogP) is 1.62. The van der Waals surface area contributed by atoms with Crippen LogP contribution < -0.4 is 10.2 Å². The van der Waals surface area contributed by atoms with Crippen molar-refractivity contribution in [3.63, 3.8) is 0 Å². The molecule has 0 bridgehead atoms. The van der Waals surface area contributed by atoms with Gasteiger partial charge >= 0.3 is 0 Å². The fraction of sp³-hybridized carbons (Fsp3) is 0.471. The van der Waals surface area contributed by atoms with Crippen molar-refractivity contribution in [2.45, 2.75) is 38.3 Å². The van der Waals surface area contributed by atoms with Crippen LogP contribution in [0, 0.1) is 0 Å². The molecule has 2 aliphatic rings. The van der Waals surface area contributed by atoms with Gasteiger partial charge in [-0.2, -0.15) is 0 Å². The Balaban J connectivity index is 1.39. The van der Waals surface area contributed by atoms with E-state index in [1.54, 1.807) is 6.20 Å². The molecule has 1 saturated heterocycles. The Kier molecular flexibility index (Phi) is 3.73. The molecule has 0 spiro atoms. The molecule has 0 saturated carbocycles. The zero-order valence-corrected chi connectivity index (χ0v) is 13.1. The van der Waals surface area contributed by atoms with Crippen molar-refractivity contribution >= 4 is 11.7 Å². The Morgan fingerprint density at radius 3 is 2.87 bits per heavy atom. The quantitative estimate of drug-likeness (QED) is 0.936. The number of imidazole rings is 1. The number of pyridine rings is 1. The Morgan fingerprint density at radius 2 is 2.09 bits per heavy atom. The molecule has 1 fully saturated rings. The highest BCUT2D eigenvalue weighted by atomic mass is 16.1. The lowest BCUT2D eigenvalue weighted by atomic mass is 10.1. The normalized spacial score (nSPS) is 20.3.